The van der Waals surface area contributed by atoms with E-state index in [9.17, 15) is 22.0 Å². The molecule has 0 unspecified atom stereocenters. The van der Waals surface area contributed by atoms with E-state index in [2.05, 4.69) is 0 Å². The molecule has 0 aromatic heterocycles. The number of nitrogens with zero attached hydrogens (tertiary/aromatic N) is 1. The molecule has 21 heavy (non-hydrogen) atoms. The molecule has 10 heteroatoms. The van der Waals surface area contributed by atoms with Gasteiger partial charge in [0, 0.05) is 6.54 Å². The van der Waals surface area contributed by atoms with Crippen molar-refractivity contribution in [1.29, 1.82) is 0 Å². The van der Waals surface area contributed by atoms with Crippen LogP contribution < -0.4 is 10.0 Å². The van der Waals surface area contributed by atoms with Crippen LogP contribution in [-0.4, -0.2) is 50.7 Å². The molecule has 0 aliphatic rings. The van der Waals surface area contributed by atoms with Crippen LogP contribution in [-0.2, 0) is 10.0 Å². The molecule has 0 aliphatic carbocycles. The summed E-state index contributed by atoms with van der Waals surface area (Å²) < 4.78 is 47.4. The summed E-state index contributed by atoms with van der Waals surface area (Å²) in [6.07, 6.45) is -2.75. The third-order valence-electron chi connectivity index (χ3n) is 2.60. The van der Waals surface area contributed by atoms with Crippen LogP contribution >= 0.6 is 0 Å². The lowest BCUT2D eigenvalue weighted by molar-refractivity contribution is 0.0696. The number of carboxylic acid groups (broad SMARTS) is 1. The number of nitrogens with two attached hydrogens (primary N) is 1. The number of primary sulfonamides is 1. The number of rotatable bonds is 7. The number of hydrogen-bond donors (Lipinski definition) is 3. The third kappa shape index (κ3) is 4.62. The molecule has 0 bridgehead atoms. The smallest absolute Gasteiger partial charge is 0.337 e. The van der Waals surface area contributed by atoms with Gasteiger partial charge in [-0.05, 0) is 18.2 Å². The summed E-state index contributed by atoms with van der Waals surface area (Å²) in [5.41, 5.74) is -0.611. The van der Waals surface area contributed by atoms with E-state index < -0.39 is 46.0 Å². The Bertz CT molecular complexity index is 621. The van der Waals surface area contributed by atoms with E-state index in [0.29, 0.717) is 0 Å². The van der Waals surface area contributed by atoms with Gasteiger partial charge in [0.1, 0.15) is 0 Å². The van der Waals surface area contributed by atoms with Crippen molar-refractivity contribution in [2.24, 2.45) is 5.14 Å². The number of anilines is 1. The molecule has 0 aliphatic heterocycles. The van der Waals surface area contributed by atoms with Crippen molar-refractivity contribution in [2.45, 2.75) is 11.3 Å². The number of halogens is 2. The third-order valence-corrected chi connectivity index (χ3v) is 3.51. The normalized spacial score (nSPS) is 11.7. The van der Waals surface area contributed by atoms with Gasteiger partial charge in [-0.1, -0.05) is 0 Å². The van der Waals surface area contributed by atoms with Crippen LogP contribution in [0.2, 0.25) is 0 Å². The number of aliphatic hydroxyl groups excluding tert-OH is 1. The number of carboxylic acids is 1. The summed E-state index contributed by atoms with van der Waals surface area (Å²) >= 11 is 0. The maximum Gasteiger partial charge on any atom is 0.337 e. The number of carbonyl (C=O) groups is 1. The maximum atomic E-state index is 12.5. The second-order valence-electron chi connectivity index (χ2n) is 4.09. The summed E-state index contributed by atoms with van der Waals surface area (Å²) in [5, 5.41) is 22.9. The molecule has 1 aromatic rings. The van der Waals surface area contributed by atoms with Crippen molar-refractivity contribution < 1.29 is 32.2 Å². The Kier molecular flexibility index (Phi) is 5.58. The Balaban J connectivity index is 3.36. The number of benzene rings is 1. The largest absolute Gasteiger partial charge is 0.478 e. The maximum absolute atomic E-state index is 12.5. The van der Waals surface area contributed by atoms with Gasteiger partial charge in [0.2, 0.25) is 10.0 Å². The lowest BCUT2D eigenvalue weighted by atomic mass is 10.1. The van der Waals surface area contributed by atoms with Crippen molar-refractivity contribution in [3.05, 3.63) is 23.8 Å². The van der Waals surface area contributed by atoms with Crippen LogP contribution in [0, 0.1) is 0 Å². The van der Waals surface area contributed by atoms with Gasteiger partial charge in [-0.15, -0.1) is 0 Å². The van der Waals surface area contributed by atoms with E-state index in [1.807, 2.05) is 0 Å². The summed E-state index contributed by atoms with van der Waals surface area (Å²) in [6.45, 7) is -1.49. The minimum absolute atomic E-state index is 0.121. The lowest BCUT2D eigenvalue weighted by Gasteiger charge is -2.25. The zero-order valence-electron chi connectivity index (χ0n) is 10.7. The van der Waals surface area contributed by atoms with E-state index in [1.165, 1.54) is 0 Å². The van der Waals surface area contributed by atoms with E-state index >= 15 is 0 Å². The Morgan fingerprint density at radius 1 is 1.38 bits per heavy atom. The Morgan fingerprint density at radius 3 is 2.43 bits per heavy atom. The van der Waals surface area contributed by atoms with Gasteiger partial charge >= 0.3 is 5.97 Å². The molecule has 118 valence electrons. The van der Waals surface area contributed by atoms with Crippen molar-refractivity contribution in [3.8, 4) is 0 Å². The van der Waals surface area contributed by atoms with Crippen LogP contribution in [0.5, 0.6) is 0 Å². The molecule has 0 saturated carbocycles. The van der Waals surface area contributed by atoms with E-state index in [-0.39, 0.29) is 12.2 Å². The molecule has 0 fully saturated rings. The summed E-state index contributed by atoms with van der Waals surface area (Å²) in [6, 6.07) is 2.89. The van der Waals surface area contributed by atoms with Gasteiger partial charge in [-0.2, -0.15) is 0 Å². The molecular weight excluding hydrogens is 310 g/mol. The van der Waals surface area contributed by atoms with Gasteiger partial charge in [0.05, 0.1) is 29.3 Å². The average molecular weight is 324 g/mol. The predicted molar refractivity (Wildman–Crippen MR) is 70.1 cm³/mol. The molecule has 7 nitrogen and oxygen atoms in total. The molecule has 0 radical (unpaired) electrons. The number of aromatic carboxylic acids is 1. The number of hydrogen-bond acceptors (Lipinski definition) is 5. The summed E-state index contributed by atoms with van der Waals surface area (Å²) in [7, 11) is -4.12. The first kappa shape index (κ1) is 17.3. The molecule has 0 amide bonds. The summed E-state index contributed by atoms with van der Waals surface area (Å²) in [4.78, 5) is 11.7. The molecule has 1 rings (SSSR count). The second-order valence-corrected chi connectivity index (χ2v) is 5.65. The van der Waals surface area contributed by atoms with Crippen LogP contribution in [0.3, 0.4) is 0 Å². The van der Waals surface area contributed by atoms with Crippen molar-refractivity contribution in [2.75, 3.05) is 24.6 Å². The van der Waals surface area contributed by atoms with Crippen molar-refractivity contribution >= 4 is 21.7 Å². The van der Waals surface area contributed by atoms with Gasteiger partial charge in [-0.25, -0.2) is 27.1 Å². The highest BCUT2D eigenvalue weighted by molar-refractivity contribution is 7.89. The van der Waals surface area contributed by atoms with Gasteiger partial charge in [-0.3, -0.25) is 0 Å². The lowest BCUT2D eigenvalue weighted by Crippen LogP contribution is -2.33. The SMILES string of the molecule is NS(=O)(=O)c1ccc(N(CCO)CC(F)F)c(C(=O)O)c1. The predicted octanol–water partition coefficient (Wildman–Crippen LogP) is 0.0960. The first-order valence-corrected chi connectivity index (χ1v) is 7.25. The zero-order chi connectivity index (χ0) is 16.2. The van der Waals surface area contributed by atoms with Gasteiger partial charge < -0.3 is 15.1 Å². The highest BCUT2D eigenvalue weighted by Gasteiger charge is 2.21. The van der Waals surface area contributed by atoms with Crippen LogP contribution in [0.1, 0.15) is 10.4 Å². The van der Waals surface area contributed by atoms with Gasteiger partial charge in [0.25, 0.3) is 6.43 Å². The Labute approximate surface area is 119 Å². The Morgan fingerprint density at radius 2 is 2.00 bits per heavy atom. The first-order valence-electron chi connectivity index (χ1n) is 5.71. The van der Waals surface area contributed by atoms with Crippen LogP contribution in [0.15, 0.2) is 23.1 Å². The van der Waals surface area contributed by atoms with Crippen molar-refractivity contribution in [1.82, 2.24) is 0 Å². The highest BCUT2D eigenvalue weighted by Crippen LogP contribution is 2.24. The minimum Gasteiger partial charge on any atom is -0.478 e. The molecule has 0 spiro atoms. The molecule has 4 N–H and O–H groups in total. The average Bonchev–Trinajstić information content (AvgIpc) is 2.36. The van der Waals surface area contributed by atoms with Crippen molar-refractivity contribution in [3.63, 3.8) is 0 Å². The second kappa shape index (κ2) is 6.78. The fourth-order valence-corrected chi connectivity index (χ4v) is 2.28. The number of sulfonamides is 1. The fraction of sp³-hybridized carbons (Fsp3) is 0.364. The van der Waals surface area contributed by atoms with Crippen LogP contribution in [0.4, 0.5) is 14.5 Å². The van der Waals surface area contributed by atoms with Gasteiger partial charge in [0.15, 0.2) is 0 Å². The minimum atomic E-state index is -4.12. The summed E-state index contributed by atoms with van der Waals surface area (Å²) in [5.74, 6) is -1.49. The molecule has 0 atom stereocenters. The van der Waals surface area contributed by atoms with E-state index in [1.54, 1.807) is 0 Å². The zero-order valence-corrected chi connectivity index (χ0v) is 11.6. The topological polar surface area (TPSA) is 121 Å². The highest BCUT2D eigenvalue weighted by atomic mass is 32.2. The fourth-order valence-electron chi connectivity index (χ4n) is 1.74. The quantitative estimate of drug-likeness (QED) is 0.654. The standard InChI is InChI=1S/C11H14F2N2O5S/c12-10(13)6-15(3-4-16)9-2-1-7(21(14,19)20)5-8(9)11(17)18/h1-2,5,10,16H,3-4,6H2,(H,17,18)(H2,14,19,20). The number of aliphatic hydroxyl groups is 1. The molecule has 0 saturated heterocycles. The molecular formula is C11H14F2N2O5S. The first-order chi connectivity index (χ1) is 9.66. The van der Waals surface area contributed by atoms with E-state index in [4.69, 9.17) is 15.4 Å². The molecule has 0 heterocycles. The Hall–Kier alpha value is -1.78. The number of alkyl halides is 2. The molecule has 1 aromatic carbocycles. The van der Waals surface area contributed by atoms with Crippen LogP contribution in [0.25, 0.3) is 0 Å². The van der Waals surface area contributed by atoms with E-state index in [0.717, 1.165) is 23.1 Å². The monoisotopic (exact) mass is 324 g/mol.